The summed E-state index contributed by atoms with van der Waals surface area (Å²) in [6, 6.07) is 12.3. The lowest BCUT2D eigenvalue weighted by Gasteiger charge is -2.11. The molecule has 0 amide bonds. The quantitative estimate of drug-likeness (QED) is 0.890. The molecule has 1 nitrogen and oxygen atoms in total. The highest BCUT2D eigenvalue weighted by Gasteiger charge is 2.09. The third-order valence-corrected chi connectivity index (χ3v) is 4.60. The molecule has 0 spiro atoms. The number of hydrogen-bond acceptors (Lipinski definition) is 2. The second-order valence-electron chi connectivity index (χ2n) is 4.30. The van der Waals surface area contributed by atoms with Crippen molar-refractivity contribution in [2.75, 3.05) is 0 Å². The van der Waals surface area contributed by atoms with Crippen molar-refractivity contribution in [3.05, 3.63) is 58.1 Å². The molecular formula is C15H16ClNS. The molecule has 0 aromatic heterocycles. The molecule has 0 aliphatic carbocycles. The van der Waals surface area contributed by atoms with E-state index < -0.39 is 0 Å². The Bertz CT molecular complexity index is 566. The van der Waals surface area contributed by atoms with Crippen molar-refractivity contribution < 1.29 is 0 Å². The van der Waals surface area contributed by atoms with Crippen LogP contribution in [0.2, 0.25) is 5.02 Å². The van der Waals surface area contributed by atoms with Crippen LogP contribution in [0.1, 0.15) is 16.7 Å². The lowest BCUT2D eigenvalue weighted by Crippen LogP contribution is -1.98. The highest BCUT2D eigenvalue weighted by atomic mass is 35.5. The van der Waals surface area contributed by atoms with Crippen LogP contribution in [0, 0.1) is 13.8 Å². The lowest BCUT2D eigenvalue weighted by molar-refractivity contribution is 1.03. The molecule has 0 saturated heterocycles. The van der Waals surface area contributed by atoms with Crippen molar-refractivity contribution in [2.45, 2.75) is 30.2 Å². The zero-order chi connectivity index (χ0) is 13.1. The summed E-state index contributed by atoms with van der Waals surface area (Å²) in [7, 11) is 0. The van der Waals surface area contributed by atoms with Gasteiger partial charge in [0, 0.05) is 16.3 Å². The van der Waals surface area contributed by atoms with Gasteiger partial charge in [-0.1, -0.05) is 53.2 Å². The molecule has 2 aromatic rings. The number of rotatable bonds is 3. The van der Waals surface area contributed by atoms with Crippen LogP contribution in [0.3, 0.4) is 0 Å². The third-order valence-electron chi connectivity index (χ3n) is 2.81. The first kappa shape index (κ1) is 13.5. The van der Waals surface area contributed by atoms with Gasteiger partial charge in [-0.2, -0.15) is 0 Å². The Balaban J connectivity index is 2.39. The maximum absolute atomic E-state index is 6.27. The predicted molar refractivity (Wildman–Crippen MR) is 79.4 cm³/mol. The second kappa shape index (κ2) is 5.79. The fourth-order valence-corrected chi connectivity index (χ4v) is 3.19. The molecule has 0 bridgehead atoms. The van der Waals surface area contributed by atoms with Crippen LogP contribution < -0.4 is 5.73 Å². The van der Waals surface area contributed by atoms with Gasteiger partial charge < -0.3 is 5.73 Å². The van der Waals surface area contributed by atoms with E-state index in [1.54, 1.807) is 11.8 Å². The topological polar surface area (TPSA) is 26.0 Å². The lowest BCUT2D eigenvalue weighted by atomic mass is 10.2. The Hall–Kier alpha value is -0.960. The molecule has 3 heteroatoms. The average Bonchev–Trinajstić information content (AvgIpc) is 2.34. The van der Waals surface area contributed by atoms with E-state index in [4.69, 9.17) is 17.3 Å². The van der Waals surface area contributed by atoms with Crippen LogP contribution in [0.4, 0.5) is 0 Å². The summed E-state index contributed by atoms with van der Waals surface area (Å²) in [6.45, 7) is 4.73. The van der Waals surface area contributed by atoms with Crippen LogP contribution in [-0.4, -0.2) is 0 Å². The predicted octanol–water partition coefficient (Wildman–Crippen LogP) is 4.57. The smallest absolute Gasteiger partial charge is 0.0548 e. The Labute approximate surface area is 117 Å². The van der Waals surface area contributed by atoms with E-state index >= 15 is 0 Å². The number of nitrogens with two attached hydrogens (primary N) is 1. The molecule has 2 rings (SSSR count). The molecule has 0 heterocycles. The Morgan fingerprint density at radius 2 is 1.94 bits per heavy atom. The summed E-state index contributed by atoms with van der Waals surface area (Å²) < 4.78 is 0. The van der Waals surface area contributed by atoms with Gasteiger partial charge in [-0.05, 0) is 37.1 Å². The summed E-state index contributed by atoms with van der Waals surface area (Å²) in [5.41, 5.74) is 9.39. The Morgan fingerprint density at radius 1 is 1.17 bits per heavy atom. The van der Waals surface area contributed by atoms with Crippen molar-refractivity contribution in [2.24, 2.45) is 5.73 Å². The minimum atomic E-state index is 0.508. The van der Waals surface area contributed by atoms with E-state index in [9.17, 15) is 0 Å². The van der Waals surface area contributed by atoms with E-state index in [-0.39, 0.29) is 0 Å². The summed E-state index contributed by atoms with van der Waals surface area (Å²) in [6.07, 6.45) is 0. The van der Waals surface area contributed by atoms with Crippen LogP contribution in [0.25, 0.3) is 0 Å². The summed E-state index contributed by atoms with van der Waals surface area (Å²) >= 11 is 7.95. The number of aryl methyl sites for hydroxylation is 2. The molecule has 0 unspecified atom stereocenters. The van der Waals surface area contributed by atoms with Gasteiger partial charge in [0.05, 0.1) is 5.02 Å². The van der Waals surface area contributed by atoms with E-state index in [1.807, 2.05) is 18.2 Å². The van der Waals surface area contributed by atoms with Crippen LogP contribution in [0.15, 0.2) is 46.2 Å². The molecule has 94 valence electrons. The number of benzene rings is 2. The summed E-state index contributed by atoms with van der Waals surface area (Å²) in [4.78, 5) is 2.29. The highest BCUT2D eigenvalue weighted by Crippen LogP contribution is 2.37. The van der Waals surface area contributed by atoms with Gasteiger partial charge in [0.2, 0.25) is 0 Å². The molecule has 0 atom stereocenters. The van der Waals surface area contributed by atoms with E-state index in [2.05, 4.69) is 32.0 Å². The van der Waals surface area contributed by atoms with Crippen molar-refractivity contribution in [1.29, 1.82) is 0 Å². The molecule has 18 heavy (non-hydrogen) atoms. The van der Waals surface area contributed by atoms with Gasteiger partial charge in [-0.25, -0.2) is 0 Å². The maximum atomic E-state index is 6.27. The minimum absolute atomic E-state index is 0.508. The number of hydrogen-bond donors (Lipinski definition) is 1. The second-order valence-corrected chi connectivity index (χ2v) is 5.76. The number of halogens is 1. The van der Waals surface area contributed by atoms with E-state index in [0.717, 1.165) is 15.5 Å². The largest absolute Gasteiger partial charge is 0.326 e. The van der Waals surface area contributed by atoms with Crippen LogP contribution in [-0.2, 0) is 6.54 Å². The van der Waals surface area contributed by atoms with Gasteiger partial charge in [0.15, 0.2) is 0 Å². The molecule has 2 aromatic carbocycles. The molecule has 0 aliphatic heterocycles. The monoisotopic (exact) mass is 277 g/mol. The molecule has 2 N–H and O–H groups in total. The zero-order valence-electron chi connectivity index (χ0n) is 10.5. The summed E-state index contributed by atoms with van der Waals surface area (Å²) in [5.74, 6) is 0. The normalized spacial score (nSPS) is 10.7. The molecule has 0 saturated carbocycles. The van der Waals surface area contributed by atoms with Crippen molar-refractivity contribution in [3.8, 4) is 0 Å². The Morgan fingerprint density at radius 3 is 2.61 bits per heavy atom. The minimum Gasteiger partial charge on any atom is -0.326 e. The molecule has 0 radical (unpaired) electrons. The fraction of sp³-hybridized carbons (Fsp3) is 0.200. The van der Waals surface area contributed by atoms with Crippen LogP contribution >= 0.6 is 23.4 Å². The fourth-order valence-electron chi connectivity index (χ4n) is 1.85. The highest BCUT2D eigenvalue weighted by molar-refractivity contribution is 7.99. The Kier molecular flexibility index (Phi) is 4.33. The standard InChI is InChI=1S/C15H16ClNS/c1-10-6-7-14(11(2)8-10)18-15-12(9-17)4-3-5-13(15)16/h3-8H,9,17H2,1-2H3. The zero-order valence-corrected chi connectivity index (χ0v) is 12.1. The van der Waals surface area contributed by atoms with E-state index in [1.165, 1.54) is 16.0 Å². The maximum Gasteiger partial charge on any atom is 0.0548 e. The van der Waals surface area contributed by atoms with Gasteiger partial charge in [-0.15, -0.1) is 0 Å². The first-order valence-corrected chi connectivity index (χ1v) is 7.04. The molecule has 0 fully saturated rings. The van der Waals surface area contributed by atoms with Crippen LogP contribution in [0.5, 0.6) is 0 Å². The van der Waals surface area contributed by atoms with Gasteiger partial charge in [0.1, 0.15) is 0 Å². The van der Waals surface area contributed by atoms with Gasteiger partial charge in [-0.3, -0.25) is 0 Å². The average molecular weight is 278 g/mol. The molecule has 0 aliphatic rings. The molecular weight excluding hydrogens is 262 g/mol. The summed E-state index contributed by atoms with van der Waals surface area (Å²) in [5, 5.41) is 0.767. The van der Waals surface area contributed by atoms with Crippen molar-refractivity contribution >= 4 is 23.4 Å². The van der Waals surface area contributed by atoms with Gasteiger partial charge >= 0.3 is 0 Å². The third kappa shape index (κ3) is 2.89. The first-order valence-electron chi connectivity index (χ1n) is 5.84. The van der Waals surface area contributed by atoms with Crippen molar-refractivity contribution in [1.82, 2.24) is 0 Å². The van der Waals surface area contributed by atoms with E-state index in [0.29, 0.717) is 6.54 Å². The first-order chi connectivity index (χ1) is 8.61. The van der Waals surface area contributed by atoms with Gasteiger partial charge in [0.25, 0.3) is 0 Å². The SMILES string of the molecule is Cc1ccc(Sc2c(Cl)cccc2CN)c(C)c1. The van der Waals surface area contributed by atoms with Crippen molar-refractivity contribution in [3.63, 3.8) is 0 Å².